The van der Waals surface area contributed by atoms with Crippen molar-refractivity contribution in [3.63, 3.8) is 0 Å². The minimum Gasteiger partial charge on any atom is -0.109 e. The van der Waals surface area contributed by atoms with Crippen LogP contribution in [0.5, 0.6) is 0 Å². The Morgan fingerprint density at radius 1 is 0.677 bits per heavy atom. The van der Waals surface area contributed by atoms with Crippen LogP contribution in [0.25, 0.3) is 12.2 Å². The van der Waals surface area contributed by atoms with E-state index < -0.39 is 9.75 Å². The van der Waals surface area contributed by atoms with Crippen molar-refractivity contribution in [2.45, 2.75) is 76.0 Å². The first-order chi connectivity index (χ1) is 14.1. The molecule has 2 aromatic carbocycles. The molecule has 2 unspecified atom stereocenters. The predicted octanol–water partition coefficient (Wildman–Crippen LogP) is 9.11. The topological polar surface area (TPSA) is 0 Å². The van der Waals surface area contributed by atoms with Crippen LogP contribution in [0.4, 0.5) is 0 Å². The van der Waals surface area contributed by atoms with E-state index in [9.17, 15) is 0 Å². The molecule has 31 heavy (non-hydrogen) atoms. The first kappa shape index (κ1) is 24.8. The summed E-state index contributed by atoms with van der Waals surface area (Å²) in [6.07, 6.45) is 6.21. The fourth-order valence-electron chi connectivity index (χ4n) is 5.28. The second-order valence-corrected chi connectivity index (χ2v) is 11.0. The summed E-state index contributed by atoms with van der Waals surface area (Å²) in [5.74, 6) is 0.951. The molecule has 0 bridgehead atoms. The van der Waals surface area contributed by atoms with Gasteiger partial charge in [-0.15, -0.1) is 23.2 Å². The smallest absolute Gasteiger partial charge is 0.0911 e. The molecule has 2 aromatic rings. The van der Waals surface area contributed by atoms with Gasteiger partial charge in [0.2, 0.25) is 0 Å². The van der Waals surface area contributed by atoms with Crippen molar-refractivity contribution in [2.75, 3.05) is 0 Å². The van der Waals surface area contributed by atoms with E-state index in [2.05, 4.69) is 90.1 Å². The van der Waals surface area contributed by atoms with Gasteiger partial charge in [0, 0.05) is 21.7 Å². The number of halogens is 2. The van der Waals surface area contributed by atoms with Gasteiger partial charge < -0.3 is 0 Å². The quantitative estimate of drug-likeness (QED) is 0.292. The predicted molar refractivity (Wildman–Crippen MR) is 133 cm³/mol. The first-order valence-electron chi connectivity index (χ1n) is 11.1. The van der Waals surface area contributed by atoms with Crippen LogP contribution >= 0.6 is 23.2 Å². The summed E-state index contributed by atoms with van der Waals surface area (Å²) in [5.41, 5.74) is 10.3. The number of hydrogen-bond donors (Lipinski definition) is 0. The molecule has 4 rings (SSSR count). The van der Waals surface area contributed by atoms with Gasteiger partial charge in [-0.3, -0.25) is 0 Å². The van der Waals surface area contributed by atoms with E-state index >= 15 is 0 Å². The molecule has 0 aliphatic heterocycles. The number of benzene rings is 2. The zero-order valence-electron chi connectivity index (χ0n) is 19.4. The third kappa shape index (κ3) is 3.93. The molecule has 2 aliphatic carbocycles. The molecule has 0 N–H and O–H groups in total. The SMILES string of the molecule is CC1=Cc2c(C(C)C)cccc2C1(Cl)CCC1(Cl)C(C)=Cc2c(C(C)C)cccc21.[Ti]. The van der Waals surface area contributed by atoms with E-state index in [-0.39, 0.29) is 21.7 Å². The minimum absolute atomic E-state index is 0. The van der Waals surface area contributed by atoms with Gasteiger partial charge >= 0.3 is 0 Å². The van der Waals surface area contributed by atoms with Crippen LogP contribution < -0.4 is 0 Å². The number of alkyl halides is 2. The molecule has 0 nitrogen and oxygen atoms in total. The molecule has 0 aromatic heterocycles. The molecule has 0 saturated heterocycles. The average Bonchev–Trinajstić information content (AvgIpc) is 3.11. The van der Waals surface area contributed by atoms with Crippen molar-refractivity contribution < 1.29 is 21.7 Å². The van der Waals surface area contributed by atoms with Gasteiger partial charge in [0.1, 0.15) is 0 Å². The third-order valence-electron chi connectivity index (χ3n) is 7.16. The van der Waals surface area contributed by atoms with Crippen molar-refractivity contribution in [1.82, 2.24) is 0 Å². The number of fused-ring (bicyclic) bond motifs is 2. The summed E-state index contributed by atoms with van der Waals surface area (Å²) in [4.78, 5) is -0.971. The summed E-state index contributed by atoms with van der Waals surface area (Å²) in [7, 11) is 0. The Kier molecular flexibility index (Phi) is 7.11. The first-order valence-corrected chi connectivity index (χ1v) is 11.9. The Bertz CT molecular complexity index is 977. The Morgan fingerprint density at radius 2 is 1.03 bits per heavy atom. The van der Waals surface area contributed by atoms with Crippen molar-refractivity contribution in [3.8, 4) is 0 Å². The van der Waals surface area contributed by atoms with E-state index in [0.29, 0.717) is 11.8 Å². The van der Waals surface area contributed by atoms with Crippen LogP contribution in [-0.4, -0.2) is 0 Å². The van der Waals surface area contributed by atoms with Crippen LogP contribution in [0.1, 0.15) is 99.6 Å². The second-order valence-electron chi connectivity index (χ2n) is 9.68. The summed E-state index contributed by atoms with van der Waals surface area (Å²) < 4.78 is 0. The molecule has 162 valence electrons. The van der Waals surface area contributed by atoms with E-state index in [1.165, 1.54) is 44.5 Å². The molecule has 0 fully saturated rings. The number of allylic oxidation sites excluding steroid dienone is 2. The van der Waals surface area contributed by atoms with Gasteiger partial charge in [-0.05, 0) is 83.1 Å². The number of rotatable bonds is 5. The second kappa shape index (κ2) is 8.87. The third-order valence-corrected chi connectivity index (χ3v) is 8.54. The Labute approximate surface area is 213 Å². The van der Waals surface area contributed by atoms with E-state index in [0.717, 1.165) is 12.8 Å². The van der Waals surface area contributed by atoms with Crippen LogP contribution in [0.15, 0.2) is 47.5 Å². The van der Waals surface area contributed by atoms with Crippen LogP contribution in [0.2, 0.25) is 0 Å². The molecular formula is C28H32Cl2Ti. The van der Waals surface area contributed by atoms with E-state index in [1.807, 2.05) is 0 Å². The van der Waals surface area contributed by atoms with Crippen LogP contribution in [0.3, 0.4) is 0 Å². The van der Waals surface area contributed by atoms with Gasteiger partial charge in [0.05, 0.1) is 9.75 Å². The Balaban J connectivity index is 0.00000272. The molecule has 2 atom stereocenters. The van der Waals surface area contributed by atoms with Gasteiger partial charge in [-0.2, -0.15) is 0 Å². The Hall–Kier alpha value is -0.786. The Morgan fingerprint density at radius 3 is 1.35 bits per heavy atom. The molecular weight excluding hydrogens is 455 g/mol. The zero-order chi connectivity index (χ0) is 21.8. The maximum Gasteiger partial charge on any atom is 0.0911 e. The molecule has 3 heteroatoms. The summed E-state index contributed by atoms with van der Waals surface area (Å²) in [5, 5.41) is 0. The number of hydrogen-bond acceptors (Lipinski definition) is 0. The molecule has 0 amide bonds. The summed E-state index contributed by atoms with van der Waals surface area (Å²) in [6, 6.07) is 13.2. The standard InChI is InChI=1S/C28H32Cl2.Ti/c1-17(2)21-9-7-11-25-23(21)15-19(5)27(25,29)13-14-28(30)20(6)16-24-22(18(3)4)10-8-12-26(24)28;/h7-12,15-18H,13-14H2,1-6H3;. The largest absolute Gasteiger partial charge is 0.109 e. The molecule has 0 saturated carbocycles. The van der Waals surface area contributed by atoms with E-state index in [4.69, 9.17) is 23.2 Å². The van der Waals surface area contributed by atoms with Crippen molar-refractivity contribution in [2.24, 2.45) is 0 Å². The van der Waals surface area contributed by atoms with Crippen LogP contribution in [0, 0.1) is 0 Å². The fraction of sp³-hybridized carbons (Fsp3) is 0.429. The average molecular weight is 487 g/mol. The van der Waals surface area contributed by atoms with Gasteiger partial charge in [-0.1, -0.05) is 76.2 Å². The van der Waals surface area contributed by atoms with Crippen molar-refractivity contribution in [3.05, 3.63) is 80.9 Å². The van der Waals surface area contributed by atoms with Gasteiger partial charge in [-0.25, -0.2) is 0 Å². The molecule has 0 radical (unpaired) electrons. The minimum atomic E-state index is -0.485. The van der Waals surface area contributed by atoms with Crippen molar-refractivity contribution >= 4 is 35.4 Å². The molecule has 2 aliphatic rings. The van der Waals surface area contributed by atoms with Crippen molar-refractivity contribution in [1.29, 1.82) is 0 Å². The van der Waals surface area contributed by atoms with E-state index in [1.54, 1.807) is 0 Å². The summed E-state index contributed by atoms with van der Waals surface area (Å²) in [6.45, 7) is 13.3. The zero-order valence-corrected chi connectivity index (χ0v) is 22.5. The van der Waals surface area contributed by atoms with Crippen LogP contribution in [-0.2, 0) is 31.5 Å². The van der Waals surface area contributed by atoms with Gasteiger partial charge in [0.15, 0.2) is 0 Å². The monoisotopic (exact) mass is 486 g/mol. The maximum absolute atomic E-state index is 7.38. The summed E-state index contributed by atoms with van der Waals surface area (Å²) >= 11 is 14.8. The molecule has 0 spiro atoms. The fourth-order valence-corrected chi connectivity index (χ4v) is 5.91. The maximum atomic E-state index is 7.38. The normalized spacial score (nSPS) is 24.1. The van der Waals surface area contributed by atoms with Gasteiger partial charge in [0.25, 0.3) is 0 Å². The molecule has 0 heterocycles.